The molecule has 0 unspecified atom stereocenters. The number of piperidine rings is 1. The number of hydrogen-bond acceptors (Lipinski definition) is 10. The number of carbonyl (C=O) groups excluding carboxylic acids is 1. The highest BCUT2D eigenvalue weighted by molar-refractivity contribution is 8.00. The fraction of sp³-hybridized carbons (Fsp3) is 0.696. The molecule has 1 saturated heterocycles. The highest BCUT2D eigenvalue weighted by Gasteiger charge is 2.25. The number of rotatable bonds is 13. The van der Waals surface area contributed by atoms with Crippen molar-refractivity contribution in [2.75, 3.05) is 57.9 Å². The average Bonchev–Trinajstić information content (AvgIpc) is 3.47. The van der Waals surface area contributed by atoms with Crippen LogP contribution in [0, 0.1) is 5.92 Å². The second-order valence-electron chi connectivity index (χ2n) is 9.26. The molecule has 1 aliphatic rings. The summed E-state index contributed by atoms with van der Waals surface area (Å²) < 4.78 is 17.8. The Balaban J connectivity index is 1.32. The predicted molar refractivity (Wildman–Crippen MR) is 135 cm³/mol. The summed E-state index contributed by atoms with van der Waals surface area (Å²) >= 11 is 3.10. The Bertz CT molecular complexity index is 875. The summed E-state index contributed by atoms with van der Waals surface area (Å²) in [5.74, 6) is 2.29. The van der Waals surface area contributed by atoms with E-state index < -0.39 is 0 Å². The fourth-order valence-corrected chi connectivity index (χ4v) is 5.19. The Kier molecular flexibility index (Phi) is 10.8. The number of aromatic nitrogens is 2. The number of ether oxygens (including phenoxy) is 2. The second kappa shape index (κ2) is 13.6. The normalized spacial score (nSPS) is 15.6. The largest absolute Gasteiger partial charge is 0.444 e. The van der Waals surface area contributed by atoms with E-state index in [4.69, 9.17) is 19.6 Å². The standard InChI is InChI=1S/C23H37N5O4S2/c1-23(2,3)18-14-25-19(32-18)16-33-20-15-26-22(34-20)27-21(29)17-4-7-28(8-5-17)9-11-31-13-12-30-10-6-24/h14-15,17H,4-13,16,24H2,1-3H3,(H,26,27,29). The molecule has 0 aromatic carbocycles. The van der Waals surface area contributed by atoms with Crippen LogP contribution in [0.1, 0.15) is 45.3 Å². The Labute approximate surface area is 210 Å². The van der Waals surface area contributed by atoms with Crippen molar-refractivity contribution in [1.29, 1.82) is 0 Å². The summed E-state index contributed by atoms with van der Waals surface area (Å²) in [4.78, 5) is 23.8. The van der Waals surface area contributed by atoms with Crippen molar-refractivity contribution in [3.05, 3.63) is 24.0 Å². The van der Waals surface area contributed by atoms with Crippen LogP contribution in [0.2, 0.25) is 0 Å². The van der Waals surface area contributed by atoms with E-state index in [1.165, 1.54) is 11.3 Å². The number of thiazole rings is 1. The molecule has 1 aliphatic heterocycles. The predicted octanol–water partition coefficient (Wildman–Crippen LogP) is 3.36. The number of nitrogens with two attached hydrogens (primary N) is 1. The zero-order valence-electron chi connectivity index (χ0n) is 20.4. The lowest BCUT2D eigenvalue weighted by molar-refractivity contribution is -0.121. The molecule has 1 amide bonds. The van der Waals surface area contributed by atoms with Gasteiger partial charge in [-0.15, -0.1) is 11.8 Å². The molecule has 0 atom stereocenters. The minimum atomic E-state index is -0.0540. The van der Waals surface area contributed by atoms with Gasteiger partial charge in [0, 0.05) is 24.4 Å². The number of nitrogens with one attached hydrogen (secondary N) is 1. The highest BCUT2D eigenvalue weighted by atomic mass is 32.2. The van der Waals surface area contributed by atoms with Gasteiger partial charge in [-0.05, 0) is 25.9 Å². The lowest BCUT2D eigenvalue weighted by Crippen LogP contribution is -2.39. The lowest BCUT2D eigenvalue weighted by Gasteiger charge is -2.30. The Morgan fingerprint density at radius 1 is 1.21 bits per heavy atom. The first-order valence-electron chi connectivity index (χ1n) is 11.8. The van der Waals surface area contributed by atoms with Crippen LogP contribution in [0.4, 0.5) is 5.13 Å². The zero-order valence-corrected chi connectivity index (χ0v) is 22.0. The molecule has 0 spiro atoms. The van der Waals surface area contributed by atoms with Gasteiger partial charge < -0.3 is 29.8 Å². The molecule has 3 heterocycles. The van der Waals surface area contributed by atoms with E-state index in [-0.39, 0.29) is 17.2 Å². The average molecular weight is 512 g/mol. The third-order valence-electron chi connectivity index (χ3n) is 5.49. The van der Waals surface area contributed by atoms with Gasteiger partial charge in [-0.1, -0.05) is 32.1 Å². The maximum absolute atomic E-state index is 12.7. The topological polar surface area (TPSA) is 116 Å². The van der Waals surface area contributed by atoms with Crippen LogP contribution in [-0.2, 0) is 25.4 Å². The summed E-state index contributed by atoms with van der Waals surface area (Å²) in [5, 5.41) is 3.64. The minimum Gasteiger partial charge on any atom is -0.444 e. The molecule has 2 aromatic rings. The maximum atomic E-state index is 12.7. The first kappa shape index (κ1) is 27.1. The molecule has 0 aliphatic carbocycles. The van der Waals surface area contributed by atoms with Crippen LogP contribution in [-0.4, -0.2) is 73.4 Å². The van der Waals surface area contributed by atoms with Gasteiger partial charge in [-0.2, -0.15) is 0 Å². The Morgan fingerprint density at radius 3 is 2.62 bits per heavy atom. The smallest absolute Gasteiger partial charge is 0.229 e. The third-order valence-corrected chi connectivity index (χ3v) is 7.58. The molecule has 11 heteroatoms. The van der Waals surface area contributed by atoms with Gasteiger partial charge in [0.15, 0.2) is 5.13 Å². The summed E-state index contributed by atoms with van der Waals surface area (Å²) in [7, 11) is 0. The number of amides is 1. The van der Waals surface area contributed by atoms with E-state index >= 15 is 0 Å². The minimum absolute atomic E-state index is 0.0185. The monoisotopic (exact) mass is 511 g/mol. The lowest BCUT2D eigenvalue weighted by atomic mass is 9.94. The van der Waals surface area contributed by atoms with Gasteiger partial charge in [0.1, 0.15) is 5.76 Å². The van der Waals surface area contributed by atoms with Crippen LogP contribution < -0.4 is 11.1 Å². The van der Waals surface area contributed by atoms with Gasteiger partial charge in [-0.3, -0.25) is 4.79 Å². The molecule has 3 rings (SSSR count). The first-order valence-corrected chi connectivity index (χ1v) is 13.6. The number of oxazole rings is 1. The number of thioether (sulfide) groups is 1. The summed E-state index contributed by atoms with van der Waals surface area (Å²) in [6.07, 6.45) is 5.28. The van der Waals surface area contributed by atoms with Gasteiger partial charge >= 0.3 is 0 Å². The molecular formula is C23H37N5O4S2. The Morgan fingerprint density at radius 2 is 1.94 bits per heavy atom. The van der Waals surface area contributed by atoms with E-state index in [2.05, 4.69) is 41.0 Å². The molecule has 2 aromatic heterocycles. The zero-order chi connectivity index (χ0) is 24.4. The number of hydrogen-bond donors (Lipinski definition) is 2. The van der Waals surface area contributed by atoms with Crippen LogP contribution in [0.25, 0.3) is 0 Å². The van der Waals surface area contributed by atoms with E-state index in [0.717, 1.165) is 42.4 Å². The molecule has 3 N–H and O–H groups in total. The maximum Gasteiger partial charge on any atom is 0.229 e. The molecule has 0 radical (unpaired) electrons. The van der Waals surface area contributed by atoms with Crippen molar-refractivity contribution in [3.63, 3.8) is 0 Å². The Hall–Kier alpha value is -1.50. The molecule has 9 nitrogen and oxygen atoms in total. The van der Waals surface area contributed by atoms with Crippen molar-refractivity contribution in [3.8, 4) is 0 Å². The third kappa shape index (κ3) is 8.94. The molecular weight excluding hydrogens is 474 g/mol. The second-order valence-corrected chi connectivity index (χ2v) is 11.6. The number of likely N-dealkylation sites (tertiary alicyclic amines) is 1. The quantitative estimate of drug-likeness (QED) is 0.308. The first-order chi connectivity index (χ1) is 16.3. The van der Waals surface area contributed by atoms with E-state index in [1.54, 1.807) is 24.2 Å². The molecule has 0 saturated carbocycles. The van der Waals surface area contributed by atoms with E-state index in [1.807, 2.05) is 0 Å². The molecule has 190 valence electrons. The number of anilines is 1. The van der Waals surface area contributed by atoms with E-state index in [0.29, 0.717) is 49.7 Å². The van der Waals surface area contributed by atoms with Crippen molar-refractivity contribution in [2.24, 2.45) is 11.7 Å². The molecule has 1 fully saturated rings. The highest BCUT2D eigenvalue weighted by Crippen LogP contribution is 2.32. The number of nitrogens with zero attached hydrogens (tertiary/aromatic N) is 3. The SMILES string of the molecule is CC(C)(C)c1cnc(CSc2cnc(NC(=O)C3CCN(CCOCCOCCN)CC3)s2)o1. The summed E-state index contributed by atoms with van der Waals surface area (Å²) in [6.45, 7) is 11.9. The van der Waals surface area contributed by atoms with Gasteiger partial charge in [-0.25, -0.2) is 9.97 Å². The van der Waals surface area contributed by atoms with Crippen LogP contribution in [0.3, 0.4) is 0 Å². The van der Waals surface area contributed by atoms with Crippen LogP contribution in [0.5, 0.6) is 0 Å². The number of carbonyl (C=O) groups is 1. The van der Waals surface area contributed by atoms with Crippen LogP contribution >= 0.6 is 23.1 Å². The van der Waals surface area contributed by atoms with Crippen molar-refractivity contribution in [1.82, 2.24) is 14.9 Å². The summed E-state index contributed by atoms with van der Waals surface area (Å²) in [5.41, 5.74) is 5.32. The van der Waals surface area contributed by atoms with Crippen molar-refractivity contribution < 1.29 is 18.7 Å². The van der Waals surface area contributed by atoms with Gasteiger partial charge in [0.25, 0.3) is 0 Å². The fourth-order valence-electron chi connectivity index (χ4n) is 3.47. The van der Waals surface area contributed by atoms with Gasteiger partial charge in [0.2, 0.25) is 11.8 Å². The van der Waals surface area contributed by atoms with E-state index in [9.17, 15) is 4.79 Å². The summed E-state index contributed by atoms with van der Waals surface area (Å²) in [6, 6.07) is 0. The molecule has 0 bridgehead atoms. The van der Waals surface area contributed by atoms with Crippen molar-refractivity contribution >= 4 is 34.1 Å². The molecule has 34 heavy (non-hydrogen) atoms. The van der Waals surface area contributed by atoms with Crippen LogP contribution in [0.15, 0.2) is 21.0 Å². The van der Waals surface area contributed by atoms with Crippen molar-refractivity contribution in [2.45, 2.75) is 49.0 Å². The van der Waals surface area contributed by atoms with Gasteiger partial charge in [0.05, 0.1) is 48.8 Å².